The minimum atomic E-state index is 0.389. The zero-order valence-corrected chi connectivity index (χ0v) is 13.8. The van der Waals surface area contributed by atoms with Gasteiger partial charge < -0.3 is 5.32 Å². The molecule has 0 bridgehead atoms. The standard InChI is InChI=1S/C16H22N2S2/c1-11(18-13-4-3-5-14(9-13)19-2)12-8-16-15(17-10-12)6-7-20-16/h6-8,10-11,13-14,18H,3-5,9H2,1-2H3. The van der Waals surface area contributed by atoms with Gasteiger partial charge in [-0.05, 0) is 55.5 Å². The molecule has 2 nitrogen and oxygen atoms in total. The SMILES string of the molecule is CSC1CCCC(NC(C)c2cnc3ccsc3c2)C1. The van der Waals surface area contributed by atoms with Gasteiger partial charge in [0.2, 0.25) is 0 Å². The fourth-order valence-corrected chi connectivity index (χ4v) is 4.67. The van der Waals surface area contributed by atoms with Gasteiger partial charge in [0.25, 0.3) is 0 Å². The van der Waals surface area contributed by atoms with Crippen LogP contribution in [-0.4, -0.2) is 22.5 Å². The molecule has 0 saturated heterocycles. The number of pyridine rings is 1. The minimum absolute atomic E-state index is 0.389. The molecule has 2 aromatic heterocycles. The van der Waals surface area contributed by atoms with Gasteiger partial charge in [0, 0.05) is 23.5 Å². The van der Waals surface area contributed by atoms with E-state index in [2.05, 4.69) is 41.0 Å². The van der Waals surface area contributed by atoms with E-state index in [1.54, 1.807) is 11.3 Å². The molecule has 1 aliphatic carbocycles. The summed E-state index contributed by atoms with van der Waals surface area (Å²) in [6.07, 6.45) is 9.64. The van der Waals surface area contributed by atoms with Crippen LogP contribution in [0.1, 0.15) is 44.2 Å². The molecule has 4 heteroatoms. The average Bonchev–Trinajstić information content (AvgIpc) is 2.94. The first kappa shape index (κ1) is 14.4. The highest BCUT2D eigenvalue weighted by atomic mass is 32.2. The normalized spacial score (nSPS) is 24.9. The van der Waals surface area contributed by atoms with E-state index >= 15 is 0 Å². The zero-order chi connectivity index (χ0) is 13.9. The molecular weight excluding hydrogens is 284 g/mol. The van der Waals surface area contributed by atoms with E-state index < -0.39 is 0 Å². The molecule has 1 saturated carbocycles. The lowest BCUT2D eigenvalue weighted by molar-refractivity contribution is 0.353. The molecule has 0 aliphatic heterocycles. The van der Waals surface area contributed by atoms with Crippen molar-refractivity contribution in [3.05, 3.63) is 29.3 Å². The van der Waals surface area contributed by atoms with Crippen molar-refractivity contribution in [2.75, 3.05) is 6.26 Å². The number of rotatable bonds is 4. The number of aromatic nitrogens is 1. The maximum atomic E-state index is 4.55. The van der Waals surface area contributed by atoms with Crippen LogP contribution in [0.3, 0.4) is 0 Å². The number of hydrogen-bond donors (Lipinski definition) is 1. The third-order valence-corrected chi connectivity index (χ3v) is 6.22. The van der Waals surface area contributed by atoms with Gasteiger partial charge in [0.05, 0.1) is 10.2 Å². The molecule has 108 valence electrons. The lowest BCUT2D eigenvalue weighted by Crippen LogP contribution is -2.36. The van der Waals surface area contributed by atoms with Gasteiger partial charge >= 0.3 is 0 Å². The first-order valence-electron chi connectivity index (χ1n) is 7.38. The molecule has 3 rings (SSSR count). The van der Waals surface area contributed by atoms with Gasteiger partial charge in [0.15, 0.2) is 0 Å². The second kappa shape index (κ2) is 6.46. The van der Waals surface area contributed by atoms with Gasteiger partial charge in [-0.1, -0.05) is 6.42 Å². The smallest absolute Gasteiger partial charge is 0.0809 e. The third-order valence-electron chi connectivity index (χ3n) is 4.27. The number of fused-ring (bicyclic) bond motifs is 1. The van der Waals surface area contributed by atoms with Crippen LogP contribution >= 0.6 is 23.1 Å². The fraction of sp³-hybridized carbons (Fsp3) is 0.562. The molecule has 3 atom stereocenters. The molecule has 3 unspecified atom stereocenters. The van der Waals surface area contributed by atoms with Crippen LogP contribution in [0, 0.1) is 0 Å². The van der Waals surface area contributed by atoms with Crippen LogP contribution in [0.4, 0.5) is 0 Å². The van der Waals surface area contributed by atoms with E-state index in [-0.39, 0.29) is 0 Å². The molecule has 2 aromatic rings. The maximum absolute atomic E-state index is 4.55. The van der Waals surface area contributed by atoms with Crippen molar-refractivity contribution in [1.29, 1.82) is 0 Å². The Morgan fingerprint density at radius 3 is 3.20 bits per heavy atom. The largest absolute Gasteiger partial charge is 0.307 e. The van der Waals surface area contributed by atoms with Crippen molar-refractivity contribution in [2.24, 2.45) is 0 Å². The lowest BCUT2D eigenvalue weighted by atomic mass is 9.94. The summed E-state index contributed by atoms with van der Waals surface area (Å²) in [4.78, 5) is 4.55. The molecule has 0 radical (unpaired) electrons. The Balaban J connectivity index is 1.67. The highest BCUT2D eigenvalue weighted by molar-refractivity contribution is 7.99. The Kier molecular flexibility index (Phi) is 4.64. The predicted molar refractivity (Wildman–Crippen MR) is 90.7 cm³/mol. The molecule has 1 fully saturated rings. The number of hydrogen-bond acceptors (Lipinski definition) is 4. The van der Waals surface area contributed by atoms with Crippen LogP contribution in [-0.2, 0) is 0 Å². The third kappa shape index (κ3) is 3.18. The van der Waals surface area contributed by atoms with E-state index in [9.17, 15) is 0 Å². The summed E-state index contributed by atoms with van der Waals surface area (Å²) in [7, 11) is 0. The summed E-state index contributed by atoms with van der Waals surface area (Å²) in [6, 6.07) is 5.43. The van der Waals surface area contributed by atoms with Crippen molar-refractivity contribution in [1.82, 2.24) is 10.3 Å². The van der Waals surface area contributed by atoms with E-state index in [1.165, 1.54) is 35.9 Å². The first-order chi connectivity index (χ1) is 9.76. The molecule has 2 heterocycles. The van der Waals surface area contributed by atoms with E-state index in [1.807, 2.05) is 18.0 Å². The van der Waals surface area contributed by atoms with Crippen molar-refractivity contribution < 1.29 is 0 Å². The van der Waals surface area contributed by atoms with E-state index in [4.69, 9.17) is 0 Å². The van der Waals surface area contributed by atoms with Gasteiger partial charge in [-0.2, -0.15) is 11.8 Å². The zero-order valence-electron chi connectivity index (χ0n) is 12.1. The Morgan fingerprint density at radius 2 is 2.35 bits per heavy atom. The van der Waals surface area contributed by atoms with Crippen LogP contribution < -0.4 is 5.32 Å². The number of thioether (sulfide) groups is 1. The summed E-state index contributed by atoms with van der Waals surface area (Å²) in [5, 5.41) is 6.76. The summed E-state index contributed by atoms with van der Waals surface area (Å²) < 4.78 is 1.29. The molecule has 0 amide bonds. The second-order valence-electron chi connectivity index (χ2n) is 5.68. The Hall–Kier alpha value is -0.580. The van der Waals surface area contributed by atoms with Crippen molar-refractivity contribution >= 4 is 33.3 Å². The monoisotopic (exact) mass is 306 g/mol. The number of thiophene rings is 1. The topological polar surface area (TPSA) is 24.9 Å². The fourth-order valence-electron chi connectivity index (χ4n) is 3.06. The second-order valence-corrected chi connectivity index (χ2v) is 7.77. The quantitative estimate of drug-likeness (QED) is 0.892. The Morgan fingerprint density at radius 1 is 1.45 bits per heavy atom. The summed E-state index contributed by atoms with van der Waals surface area (Å²) in [6.45, 7) is 2.26. The summed E-state index contributed by atoms with van der Waals surface area (Å²) in [5.41, 5.74) is 2.43. The van der Waals surface area contributed by atoms with Crippen molar-refractivity contribution in [2.45, 2.75) is 49.9 Å². The van der Waals surface area contributed by atoms with Crippen molar-refractivity contribution in [3.8, 4) is 0 Å². The molecule has 1 aliphatic rings. The van der Waals surface area contributed by atoms with Crippen LogP contribution in [0.25, 0.3) is 10.2 Å². The Labute approximate surface area is 129 Å². The predicted octanol–water partition coefficient (Wildman–Crippen LogP) is 4.62. The van der Waals surface area contributed by atoms with Gasteiger partial charge in [0.1, 0.15) is 0 Å². The first-order valence-corrected chi connectivity index (χ1v) is 9.55. The number of nitrogens with one attached hydrogen (secondary N) is 1. The maximum Gasteiger partial charge on any atom is 0.0809 e. The van der Waals surface area contributed by atoms with Crippen LogP contribution in [0.15, 0.2) is 23.7 Å². The van der Waals surface area contributed by atoms with Crippen LogP contribution in [0.2, 0.25) is 0 Å². The minimum Gasteiger partial charge on any atom is -0.307 e. The molecule has 1 N–H and O–H groups in total. The highest BCUT2D eigenvalue weighted by Crippen LogP contribution is 2.29. The summed E-state index contributed by atoms with van der Waals surface area (Å²) >= 11 is 3.80. The summed E-state index contributed by atoms with van der Waals surface area (Å²) in [5.74, 6) is 0. The van der Waals surface area contributed by atoms with E-state index in [0.29, 0.717) is 12.1 Å². The van der Waals surface area contributed by atoms with Crippen LogP contribution in [0.5, 0.6) is 0 Å². The van der Waals surface area contributed by atoms with Gasteiger partial charge in [-0.25, -0.2) is 0 Å². The van der Waals surface area contributed by atoms with Crippen molar-refractivity contribution in [3.63, 3.8) is 0 Å². The Bertz CT molecular complexity index is 566. The molecule has 0 aromatic carbocycles. The number of nitrogens with zero attached hydrogens (tertiary/aromatic N) is 1. The van der Waals surface area contributed by atoms with Gasteiger partial charge in [-0.15, -0.1) is 11.3 Å². The molecule has 20 heavy (non-hydrogen) atoms. The average molecular weight is 307 g/mol. The highest BCUT2D eigenvalue weighted by Gasteiger charge is 2.22. The van der Waals surface area contributed by atoms with Gasteiger partial charge in [-0.3, -0.25) is 4.98 Å². The van der Waals surface area contributed by atoms with E-state index in [0.717, 1.165) is 10.8 Å². The lowest BCUT2D eigenvalue weighted by Gasteiger charge is -2.31. The molecule has 0 spiro atoms. The molecular formula is C16H22N2S2.